The normalized spacial score (nSPS) is 32.9. The molecule has 2 aliphatic carbocycles. The standard InChI is InChI=1S/C24H29NO/c1-24-11-9-18-13-22(24)23(14-19-7-8-20(26)15-21(19)24)25(16-18)12-10-17-5-3-2-4-6-17/h2-8,15,18,22-23,26H,9-14,16H2,1H3. The topological polar surface area (TPSA) is 23.5 Å². The molecule has 4 unspecified atom stereocenters. The summed E-state index contributed by atoms with van der Waals surface area (Å²) in [6, 6.07) is 17.7. The van der Waals surface area contributed by atoms with Crippen LogP contribution in [0.2, 0.25) is 0 Å². The second kappa shape index (κ2) is 6.13. The molecule has 2 bridgehead atoms. The SMILES string of the molecule is CC12CCC3CC1C(Cc1ccc(O)cc12)N(CCc1ccccc1)C3. The molecule has 3 aliphatic rings. The van der Waals surface area contributed by atoms with E-state index in [9.17, 15) is 5.11 Å². The van der Waals surface area contributed by atoms with Crippen molar-refractivity contribution in [2.24, 2.45) is 11.8 Å². The fraction of sp³-hybridized carbons (Fsp3) is 0.500. The Hall–Kier alpha value is -1.80. The Morgan fingerprint density at radius 1 is 1.15 bits per heavy atom. The molecule has 0 amide bonds. The average Bonchev–Trinajstić information content (AvgIpc) is 2.67. The maximum Gasteiger partial charge on any atom is 0.115 e. The summed E-state index contributed by atoms with van der Waals surface area (Å²) in [5.74, 6) is 2.03. The lowest BCUT2D eigenvalue weighted by atomic mass is 9.53. The van der Waals surface area contributed by atoms with Gasteiger partial charge >= 0.3 is 0 Å². The number of phenols is 1. The van der Waals surface area contributed by atoms with E-state index in [0.717, 1.165) is 24.7 Å². The Morgan fingerprint density at radius 2 is 2.00 bits per heavy atom. The van der Waals surface area contributed by atoms with Gasteiger partial charge in [-0.2, -0.15) is 0 Å². The highest BCUT2D eigenvalue weighted by Gasteiger charge is 2.52. The molecule has 1 saturated heterocycles. The summed E-state index contributed by atoms with van der Waals surface area (Å²) in [5.41, 5.74) is 4.59. The highest BCUT2D eigenvalue weighted by Crippen LogP contribution is 2.55. The van der Waals surface area contributed by atoms with Crippen LogP contribution in [-0.4, -0.2) is 29.1 Å². The molecule has 2 nitrogen and oxygen atoms in total. The first kappa shape index (κ1) is 16.4. The van der Waals surface area contributed by atoms with E-state index in [1.807, 2.05) is 6.07 Å². The lowest BCUT2D eigenvalue weighted by molar-refractivity contribution is -0.0271. The monoisotopic (exact) mass is 347 g/mol. The number of benzene rings is 2. The van der Waals surface area contributed by atoms with Crippen LogP contribution in [-0.2, 0) is 18.3 Å². The lowest BCUT2D eigenvalue weighted by Crippen LogP contribution is -2.60. The van der Waals surface area contributed by atoms with Gasteiger partial charge in [0.05, 0.1) is 0 Å². The molecule has 1 heterocycles. The molecule has 1 aliphatic heterocycles. The molecule has 1 saturated carbocycles. The first-order valence-electron chi connectivity index (χ1n) is 10.2. The van der Waals surface area contributed by atoms with Crippen LogP contribution in [0.1, 0.15) is 42.9 Å². The number of aromatic hydroxyl groups is 1. The summed E-state index contributed by atoms with van der Waals surface area (Å²) in [6.45, 7) is 4.92. The Labute approximate surface area is 156 Å². The summed E-state index contributed by atoms with van der Waals surface area (Å²) >= 11 is 0. The van der Waals surface area contributed by atoms with Gasteiger partial charge in [-0.1, -0.05) is 43.3 Å². The highest BCUT2D eigenvalue weighted by molar-refractivity contribution is 5.44. The molecule has 1 N–H and O–H groups in total. The summed E-state index contributed by atoms with van der Waals surface area (Å²) < 4.78 is 0. The smallest absolute Gasteiger partial charge is 0.115 e. The molecule has 2 heteroatoms. The molecule has 0 radical (unpaired) electrons. The highest BCUT2D eigenvalue weighted by atomic mass is 16.3. The van der Waals surface area contributed by atoms with Gasteiger partial charge < -0.3 is 5.11 Å². The minimum absolute atomic E-state index is 0.235. The number of fused-ring (bicyclic) bond motifs is 3. The van der Waals surface area contributed by atoms with Crippen molar-refractivity contribution in [2.75, 3.05) is 13.1 Å². The number of rotatable bonds is 3. The van der Waals surface area contributed by atoms with Crippen LogP contribution in [0.4, 0.5) is 0 Å². The first-order valence-corrected chi connectivity index (χ1v) is 10.2. The van der Waals surface area contributed by atoms with Crippen molar-refractivity contribution in [1.29, 1.82) is 0 Å². The minimum atomic E-state index is 0.235. The number of hydrogen-bond acceptors (Lipinski definition) is 2. The van der Waals surface area contributed by atoms with Crippen molar-refractivity contribution in [3.8, 4) is 5.75 Å². The van der Waals surface area contributed by atoms with Crippen LogP contribution in [0, 0.1) is 11.8 Å². The summed E-state index contributed by atoms with van der Waals surface area (Å²) in [6.07, 6.45) is 6.28. The number of nitrogens with zero attached hydrogens (tertiary/aromatic N) is 1. The van der Waals surface area contributed by atoms with Crippen LogP contribution in [0.5, 0.6) is 5.75 Å². The largest absolute Gasteiger partial charge is 0.508 e. The van der Waals surface area contributed by atoms with Crippen molar-refractivity contribution in [3.05, 3.63) is 65.2 Å². The number of piperidine rings is 1. The van der Waals surface area contributed by atoms with Crippen molar-refractivity contribution in [1.82, 2.24) is 4.90 Å². The fourth-order valence-electron chi connectivity index (χ4n) is 6.18. The molecule has 136 valence electrons. The Balaban J connectivity index is 1.46. The van der Waals surface area contributed by atoms with Crippen molar-refractivity contribution < 1.29 is 5.11 Å². The fourth-order valence-corrected chi connectivity index (χ4v) is 6.18. The third-order valence-electron chi connectivity index (χ3n) is 7.57. The van der Waals surface area contributed by atoms with E-state index in [0.29, 0.717) is 11.8 Å². The van der Waals surface area contributed by atoms with E-state index >= 15 is 0 Å². The maximum absolute atomic E-state index is 10.1. The zero-order valence-electron chi connectivity index (χ0n) is 15.7. The molecule has 2 aromatic carbocycles. The zero-order valence-corrected chi connectivity index (χ0v) is 15.7. The lowest BCUT2D eigenvalue weighted by Gasteiger charge is -2.59. The Kier molecular flexibility index (Phi) is 3.86. The van der Waals surface area contributed by atoms with Crippen LogP contribution in [0.25, 0.3) is 0 Å². The number of phenolic OH excluding ortho intramolecular Hbond substituents is 1. The quantitative estimate of drug-likeness (QED) is 0.880. The predicted octanol–water partition coefficient (Wildman–Crippen LogP) is 4.55. The van der Waals surface area contributed by atoms with Crippen LogP contribution in [0.3, 0.4) is 0 Å². The zero-order chi connectivity index (χ0) is 17.7. The molecule has 0 spiro atoms. The van der Waals surface area contributed by atoms with Crippen molar-refractivity contribution in [2.45, 2.75) is 50.5 Å². The van der Waals surface area contributed by atoms with Crippen LogP contribution >= 0.6 is 0 Å². The minimum Gasteiger partial charge on any atom is -0.508 e. The molecule has 5 rings (SSSR count). The van der Waals surface area contributed by atoms with Gasteiger partial charge in [-0.3, -0.25) is 4.90 Å². The molecule has 26 heavy (non-hydrogen) atoms. The Bertz CT molecular complexity index is 801. The van der Waals surface area contributed by atoms with E-state index in [2.05, 4.69) is 54.3 Å². The van der Waals surface area contributed by atoms with E-state index in [1.54, 1.807) is 0 Å². The van der Waals surface area contributed by atoms with E-state index in [-0.39, 0.29) is 5.41 Å². The number of hydrogen-bond donors (Lipinski definition) is 1. The van der Waals surface area contributed by atoms with Gasteiger partial charge in [0.15, 0.2) is 0 Å². The third kappa shape index (κ3) is 2.58. The molecule has 2 aromatic rings. The number of likely N-dealkylation sites (tertiary alicyclic amines) is 1. The van der Waals surface area contributed by atoms with Crippen molar-refractivity contribution in [3.63, 3.8) is 0 Å². The molecular formula is C24H29NO. The van der Waals surface area contributed by atoms with Crippen LogP contribution < -0.4 is 0 Å². The van der Waals surface area contributed by atoms with Gasteiger partial charge in [0.2, 0.25) is 0 Å². The molecular weight excluding hydrogens is 318 g/mol. The second-order valence-electron chi connectivity index (χ2n) is 9.01. The van der Waals surface area contributed by atoms with Gasteiger partial charge in [0.25, 0.3) is 0 Å². The van der Waals surface area contributed by atoms with E-state index < -0.39 is 0 Å². The van der Waals surface area contributed by atoms with Crippen molar-refractivity contribution >= 4 is 0 Å². The Morgan fingerprint density at radius 3 is 2.85 bits per heavy atom. The maximum atomic E-state index is 10.1. The van der Waals surface area contributed by atoms with Gasteiger partial charge in [-0.25, -0.2) is 0 Å². The van der Waals surface area contributed by atoms with Gasteiger partial charge in [-0.15, -0.1) is 0 Å². The van der Waals surface area contributed by atoms with E-state index in [4.69, 9.17) is 0 Å². The third-order valence-corrected chi connectivity index (χ3v) is 7.57. The van der Waals surface area contributed by atoms with Crippen LogP contribution in [0.15, 0.2) is 48.5 Å². The second-order valence-corrected chi connectivity index (χ2v) is 9.01. The molecule has 4 atom stereocenters. The summed E-state index contributed by atoms with van der Waals surface area (Å²) in [7, 11) is 0. The summed E-state index contributed by atoms with van der Waals surface area (Å²) in [5, 5.41) is 10.1. The van der Waals surface area contributed by atoms with Gasteiger partial charge in [0.1, 0.15) is 5.75 Å². The van der Waals surface area contributed by atoms with Gasteiger partial charge in [-0.05, 0) is 78.2 Å². The predicted molar refractivity (Wildman–Crippen MR) is 106 cm³/mol. The first-order chi connectivity index (χ1) is 12.6. The molecule has 0 aromatic heterocycles. The molecule has 2 fully saturated rings. The average molecular weight is 348 g/mol. The summed E-state index contributed by atoms with van der Waals surface area (Å²) in [4.78, 5) is 2.80. The van der Waals surface area contributed by atoms with E-state index in [1.165, 1.54) is 49.0 Å². The van der Waals surface area contributed by atoms with Gasteiger partial charge in [0, 0.05) is 19.1 Å².